The second-order valence-corrected chi connectivity index (χ2v) is 3.35. The molecule has 16 heavy (non-hydrogen) atoms. The second kappa shape index (κ2) is 5.81. The maximum atomic E-state index is 11.4. The van der Waals surface area contributed by atoms with E-state index in [1.54, 1.807) is 0 Å². The SMILES string of the molecule is CO/N=C(\C(=O)OCC=O)c1csc(N)n1. The van der Waals surface area contributed by atoms with Gasteiger partial charge in [0.25, 0.3) is 0 Å². The van der Waals surface area contributed by atoms with E-state index in [9.17, 15) is 9.59 Å². The number of nitrogens with zero attached hydrogens (tertiary/aromatic N) is 2. The third kappa shape index (κ3) is 3.02. The third-order valence-corrected chi connectivity index (χ3v) is 2.10. The molecule has 0 saturated carbocycles. The number of esters is 1. The van der Waals surface area contributed by atoms with Crippen LogP contribution >= 0.6 is 11.3 Å². The van der Waals surface area contributed by atoms with Crippen LogP contribution in [0.5, 0.6) is 0 Å². The molecule has 1 aromatic rings. The van der Waals surface area contributed by atoms with Crippen LogP contribution in [0, 0.1) is 0 Å². The van der Waals surface area contributed by atoms with Crippen LogP contribution < -0.4 is 5.73 Å². The monoisotopic (exact) mass is 243 g/mol. The van der Waals surface area contributed by atoms with Gasteiger partial charge in [-0.1, -0.05) is 5.16 Å². The molecular formula is C8H9N3O4S. The van der Waals surface area contributed by atoms with Gasteiger partial charge < -0.3 is 15.3 Å². The fourth-order valence-corrected chi connectivity index (χ4v) is 1.40. The van der Waals surface area contributed by atoms with Crippen molar-refractivity contribution in [1.82, 2.24) is 4.98 Å². The number of ether oxygens (including phenoxy) is 1. The third-order valence-electron chi connectivity index (χ3n) is 1.42. The summed E-state index contributed by atoms with van der Waals surface area (Å²) < 4.78 is 4.58. The van der Waals surface area contributed by atoms with Gasteiger partial charge >= 0.3 is 5.97 Å². The minimum atomic E-state index is -0.792. The number of nitrogens with two attached hydrogens (primary N) is 1. The van der Waals surface area contributed by atoms with Crippen molar-refractivity contribution in [2.45, 2.75) is 0 Å². The lowest BCUT2D eigenvalue weighted by Crippen LogP contribution is -2.20. The maximum absolute atomic E-state index is 11.4. The molecule has 0 aliphatic heterocycles. The van der Waals surface area contributed by atoms with Gasteiger partial charge in [0, 0.05) is 5.38 Å². The van der Waals surface area contributed by atoms with E-state index in [1.807, 2.05) is 0 Å². The Morgan fingerprint density at radius 1 is 1.75 bits per heavy atom. The highest BCUT2D eigenvalue weighted by molar-refractivity contribution is 7.13. The molecule has 7 nitrogen and oxygen atoms in total. The topological polar surface area (TPSA) is 104 Å². The lowest BCUT2D eigenvalue weighted by Gasteiger charge is -2.01. The summed E-state index contributed by atoms with van der Waals surface area (Å²) >= 11 is 1.15. The first-order valence-corrected chi connectivity index (χ1v) is 5.00. The molecule has 1 heterocycles. The van der Waals surface area contributed by atoms with Crippen molar-refractivity contribution in [1.29, 1.82) is 0 Å². The summed E-state index contributed by atoms with van der Waals surface area (Å²) in [6, 6.07) is 0. The van der Waals surface area contributed by atoms with Crippen molar-refractivity contribution < 1.29 is 19.2 Å². The molecular weight excluding hydrogens is 234 g/mol. The van der Waals surface area contributed by atoms with Gasteiger partial charge in [-0.2, -0.15) is 0 Å². The molecule has 0 bridgehead atoms. The molecule has 8 heteroatoms. The van der Waals surface area contributed by atoms with Crippen molar-refractivity contribution in [3.05, 3.63) is 11.1 Å². The Balaban J connectivity index is 2.87. The quantitative estimate of drug-likeness (QED) is 0.333. The minimum Gasteiger partial charge on any atom is -0.453 e. The average molecular weight is 243 g/mol. The van der Waals surface area contributed by atoms with Crippen LogP contribution in [-0.2, 0) is 19.2 Å². The van der Waals surface area contributed by atoms with Gasteiger partial charge in [0.05, 0.1) is 0 Å². The van der Waals surface area contributed by atoms with Crippen molar-refractivity contribution in [2.75, 3.05) is 19.5 Å². The predicted molar refractivity (Wildman–Crippen MR) is 57.1 cm³/mol. The van der Waals surface area contributed by atoms with Crippen molar-refractivity contribution in [3.8, 4) is 0 Å². The number of oxime groups is 1. The number of hydrogen-bond acceptors (Lipinski definition) is 8. The standard InChI is InChI=1S/C8H9N3O4S/c1-14-11-6(7(13)15-3-2-12)5-4-16-8(9)10-5/h2,4H,3H2,1H3,(H2,9,10)/b11-6-. The van der Waals surface area contributed by atoms with E-state index in [1.165, 1.54) is 12.5 Å². The number of aromatic nitrogens is 1. The molecule has 0 spiro atoms. The lowest BCUT2D eigenvalue weighted by atomic mass is 10.3. The van der Waals surface area contributed by atoms with E-state index >= 15 is 0 Å². The predicted octanol–water partition coefficient (Wildman–Crippen LogP) is -0.182. The Bertz CT molecular complexity index is 415. The first kappa shape index (κ1) is 12.1. The number of carbonyl (C=O) groups excluding carboxylic acids is 2. The Hall–Kier alpha value is -1.96. The Morgan fingerprint density at radius 3 is 3.00 bits per heavy atom. The summed E-state index contributed by atoms with van der Waals surface area (Å²) in [6.45, 7) is -0.346. The van der Waals surface area contributed by atoms with Crippen LogP contribution in [0.1, 0.15) is 5.69 Å². The highest BCUT2D eigenvalue weighted by atomic mass is 32.1. The molecule has 1 rings (SSSR count). The molecule has 0 aliphatic carbocycles. The maximum Gasteiger partial charge on any atom is 0.363 e. The number of hydrogen-bond donors (Lipinski definition) is 1. The number of carbonyl (C=O) groups is 2. The smallest absolute Gasteiger partial charge is 0.363 e. The molecule has 0 unspecified atom stereocenters. The molecule has 0 aliphatic rings. The van der Waals surface area contributed by atoms with Gasteiger partial charge in [-0.15, -0.1) is 11.3 Å². The Morgan fingerprint density at radius 2 is 2.50 bits per heavy atom. The number of anilines is 1. The summed E-state index contributed by atoms with van der Waals surface area (Å²) in [5, 5.41) is 5.31. The summed E-state index contributed by atoms with van der Waals surface area (Å²) in [6.07, 6.45) is 0.456. The number of thiazole rings is 1. The van der Waals surface area contributed by atoms with E-state index < -0.39 is 5.97 Å². The molecule has 0 saturated heterocycles. The second-order valence-electron chi connectivity index (χ2n) is 2.46. The Kier molecular flexibility index (Phi) is 4.40. The minimum absolute atomic E-state index is 0.127. The Labute approximate surface area is 94.9 Å². The van der Waals surface area contributed by atoms with E-state index in [0.29, 0.717) is 11.4 Å². The van der Waals surface area contributed by atoms with Crippen molar-refractivity contribution in [2.24, 2.45) is 5.16 Å². The fourth-order valence-electron chi connectivity index (χ4n) is 0.854. The van der Waals surface area contributed by atoms with E-state index in [0.717, 1.165) is 11.3 Å². The average Bonchev–Trinajstić information content (AvgIpc) is 2.69. The summed E-state index contributed by atoms with van der Waals surface area (Å²) in [4.78, 5) is 29.8. The fraction of sp³-hybridized carbons (Fsp3) is 0.250. The lowest BCUT2D eigenvalue weighted by molar-refractivity contribution is -0.138. The molecule has 86 valence electrons. The zero-order chi connectivity index (χ0) is 12.0. The first-order chi connectivity index (χ1) is 7.69. The van der Waals surface area contributed by atoms with Crippen LogP contribution in [0.3, 0.4) is 0 Å². The molecule has 2 N–H and O–H groups in total. The van der Waals surface area contributed by atoms with Gasteiger partial charge in [0.2, 0.25) is 5.71 Å². The molecule has 1 aromatic heterocycles. The van der Waals surface area contributed by atoms with Crippen molar-refractivity contribution in [3.63, 3.8) is 0 Å². The summed E-state index contributed by atoms with van der Waals surface area (Å²) in [5.41, 5.74) is 5.54. The van der Waals surface area contributed by atoms with Gasteiger partial charge in [0.1, 0.15) is 19.4 Å². The normalized spacial score (nSPS) is 10.9. The molecule has 0 aromatic carbocycles. The van der Waals surface area contributed by atoms with Gasteiger partial charge in [-0.05, 0) is 0 Å². The number of aldehydes is 1. The zero-order valence-corrected chi connectivity index (χ0v) is 9.19. The molecule has 0 fully saturated rings. The highest BCUT2D eigenvalue weighted by Gasteiger charge is 2.19. The highest BCUT2D eigenvalue weighted by Crippen LogP contribution is 2.12. The van der Waals surface area contributed by atoms with Gasteiger partial charge in [-0.3, -0.25) is 4.79 Å². The van der Waals surface area contributed by atoms with Crippen molar-refractivity contribution >= 4 is 34.4 Å². The largest absolute Gasteiger partial charge is 0.453 e. The van der Waals surface area contributed by atoms with Crippen LogP contribution in [0.15, 0.2) is 10.5 Å². The van der Waals surface area contributed by atoms with Crippen LogP contribution in [0.25, 0.3) is 0 Å². The molecule has 0 amide bonds. The van der Waals surface area contributed by atoms with Crippen LogP contribution in [0.4, 0.5) is 5.13 Å². The number of nitrogen functional groups attached to an aromatic ring is 1. The number of rotatable bonds is 5. The van der Waals surface area contributed by atoms with Crippen LogP contribution in [0.2, 0.25) is 0 Å². The molecule has 0 atom stereocenters. The summed E-state index contributed by atoms with van der Waals surface area (Å²) in [7, 11) is 1.28. The van der Waals surface area contributed by atoms with E-state index in [4.69, 9.17) is 5.73 Å². The molecule has 0 radical (unpaired) electrons. The van der Waals surface area contributed by atoms with E-state index in [2.05, 4.69) is 19.7 Å². The summed E-state index contributed by atoms with van der Waals surface area (Å²) in [5.74, 6) is -0.792. The van der Waals surface area contributed by atoms with Gasteiger partial charge in [-0.25, -0.2) is 9.78 Å². The van der Waals surface area contributed by atoms with E-state index in [-0.39, 0.29) is 18.0 Å². The van der Waals surface area contributed by atoms with Crippen LogP contribution in [-0.4, -0.2) is 36.7 Å². The zero-order valence-electron chi connectivity index (χ0n) is 8.37. The van der Waals surface area contributed by atoms with Gasteiger partial charge in [0.15, 0.2) is 11.4 Å². The first-order valence-electron chi connectivity index (χ1n) is 4.12.